The number of hydrogen-bond acceptors (Lipinski definition) is 5. The van der Waals surface area contributed by atoms with Crippen LogP contribution in [0.25, 0.3) is 6.08 Å². The Morgan fingerprint density at radius 2 is 1.97 bits per heavy atom. The van der Waals surface area contributed by atoms with Crippen molar-refractivity contribution in [2.24, 2.45) is 0 Å². The average molecular weight is 494 g/mol. The number of hydrogen-bond donors (Lipinski definition) is 2. The van der Waals surface area contributed by atoms with Crippen molar-refractivity contribution < 1.29 is 29.0 Å². The van der Waals surface area contributed by atoms with E-state index in [0.717, 1.165) is 4.90 Å². The highest BCUT2D eigenvalue weighted by Gasteiger charge is 2.37. The number of aryl methyl sites for hydroxylation is 1. The summed E-state index contributed by atoms with van der Waals surface area (Å²) in [6.07, 6.45) is 1.32. The number of nitrogens with zero attached hydrogens (tertiary/aromatic N) is 1. The molecule has 2 N–H and O–H groups in total. The van der Waals surface area contributed by atoms with Crippen molar-refractivity contribution in [3.8, 4) is 5.75 Å². The number of anilines is 1. The van der Waals surface area contributed by atoms with Crippen molar-refractivity contribution >= 4 is 63.1 Å². The van der Waals surface area contributed by atoms with Gasteiger partial charge in [0.05, 0.1) is 10.2 Å². The lowest BCUT2D eigenvalue weighted by molar-refractivity contribution is -0.139. The van der Waals surface area contributed by atoms with Gasteiger partial charge >= 0.3 is 12.0 Å². The number of nitrogens with one attached hydrogen (secondary N) is 1. The van der Waals surface area contributed by atoms with Gasteiger partial charge in [0.1, 0.15) is 11.3 Å². The largest absolute Gasteiger partial charge is 0.481 e. The number of barbiturate groups is 1. The van der Waals surface area contributed by atoms with Gasteiger partial charge in [0.2, 0.25) is 0 Å². The maximum absolute atomic E-state index is 13.0. The van der Waals surface area contributed by atoms with Crippen LogP contribution in [0.4, 0.5) is 10.5 Å². The summed E-state index contributed by atoms with van der Waals surface area (Å²) in [6.45, 7) is 1.19. The van der Waals surface area contributed by atoms with Gasteiger partial charge in [-0.15, -0.1) is 0 Å². The number of ether oxygens (including phenoxy) is 1. The molecule has 4 amide bonds. The number of carbonyl (C=O) groups is 4. The average Bonchev–Trinajstić information content (AvgIpc) is 2.67. The van der Waals surface area contributed by atoms with E-state index < -0.39 is 30.4 Å². The van der Waals surface area contributed by atoms with Crippen LogP contribution in [0, 0.1) is 6.92 Å². The minimum atomic E-state index is -1.13. The Balaban J connectivity index is 1.95. The first-order valence-electron chi connectivity index (χ1n) is 8.49. The maximum Gasteiger partial charge on any atom is 0.341 e. The molecule has 30 heavy (non-hydrogen) atoms. The SMILES string of the molecule is Cc1ccc(Cl)cc1N1C(=O)NC(=O)/C(=C\c2ccc(OCC(=O)O)c(Br)c2)C1=O. The summed E-state index contributed by atoms with van der Waals surface area (Å²) in [5.41, 5.74) is 1.10. The molecular weight excluding hydrogens is 480 g/mol. The number of urea groups is 1. The number of imide groups is 2. The highest BCUT2D eigenvalue weighted by Crippen LogP contribution is 2.30. The predicted octanol–water partition coefficient (Wildman–Crippen LogP) is 3.54. The molecule has 8 nitrogen and oxygen atoms in total. The molecule has 154 valence electrons. The van der Waals surface area contributed by atoms with Crippen LogP contribution in [0.5, 0.6) is 5.75 Å². The smallest absolute Gasteiger partial charge is 0.341 e. The third-order valence-corrected chi connectivity index (χ3v) is 4.99. The molecular formula is C20H14BrClN2O6. The molecule has 1 heterocycles. The van der Waals surface area contributed by atoms with Crippen LogP contribution >= 0.6 is 27.5 Å². The summed E-state index contributed by atoms with van der Waals surface area (Å²) in [5, 5.41) is 11.2. The van der Waals surface area contributed by atoms with Crippen LogP contribution in [0.1, 0.15) is 11.1 Å². The number of rotatable bonds is 5. The van der Waals surface area contributed by atoms with Crippen molar-refractivity contribution in [3.05, 3.63) is 62.6 Å². The monoisotopic (exact) mass is 492 g/mol. The van der Waals surface area contributed by atoms with E-state index in [1.807, 2.05) is 0 Å². The van der Waals surface area contributed by atoms with Crippen LogP contribution in [0.3, 0.4) is 0 Å². The molecule has 0 aromatic heterocycles. The van der Waals surface area contributed by atoms with E-state index in [0.29, 0.717) is 20.6 Å². The van der Waals surface area contributed by atoms with Gasteiger partial charge in [-0.3, -0.25) is 14.9 Å². The normalized spacial score (nSPS) is 15.4. The Morgan fingerprint density at radius 3 is 2.63 bits per heavy atom. The number of aliphatic carboxylic acids is 1. The number of amides is 4. The summed E-state index contributed by atoms with van der Waals surface area (Å²) in [4.78, 5) is 49.1. The van der Waals surface area contributed by atoms with Crippen molar-refractivity contribution in [1.82, 2.24) is 5.32 Å². The second-order valence-corrected chi connectivity index (χ2v) is 7.55. The Hall–Kier alpha value is -3.17. The van der Waals surface area contributed by atoms with E-state index in [1.165, 1.54) is 18.2 Å². The fourth-order valence-electron chi connectivity index (χ4n) is 2.73. The minimum absolute atomic E-state index is 0.250. The zero-order chi connectivity index (χ0) is 22.0. The van der Waals surface area contributed by atoms with Crippen LogP contribution in [0.2, 0.25) is 5.02 Å². The number of benzene rings is 2. The summed E-state index contributed by atoms with van der Waals surface area (Å²) in [5.74, 6) is -2.47. The number of carboxylic acid groups (broad SMARTS) is 1. The van der Waals surface area contributed by atoms with Crippen molar-refractivity contribution in [2.45, 2.75) is 6.92 Å². The molecule has 0 radical (unpaired) electrons. The van der Waals surface area contributed by atoms with E-state index in [4.69, 9.17) is 21.4 Å². The molecule has 0 saturated carbocycles. The maximum atomic E-state index is 13.0. The Kier molecular flexibility index (Phi) is 6.23. The number of carboxylic acids is 1. The predicted molar refractivity (Wildman–Crippen MR) is 112 cm³/mol. The third kappa shape index (κ3) is 4.52. The molecule has 1 aliphatic rings. The second kappa shape index (κ2) is 8.68. The van der Waals surface area contributed by atoms with Crippen LogP contribution in [-0.2, 0) is 14.4 Å². The van der Waals surface area contributed by atoms with Gasteiger partial charge < -0.3 is 9.84 Å². The fraction of sp³-hybridized carbons (Fsp3) is 0.100. The van der Waals surface area contributed by atoms with Crippen LogP contribution < -0.4 is 15.0 Å². The van der Waals surface area contributed by atoms with Crippen molar-refractivity contribution in [3.63, 3.8) is 0 Å². The summed E-state index contributed by atoms with van der Waals surface area (Å²) >= 11 is 9.25. The lowest BCUT2D eigenvalue weighted by Crippen LogP contribution is -2.54. The molecule has 0 aliphatic carbocycles. The molecule has 1 saturated heterocycles. The molecule has 2 aromatic rings. The lowest BCUT2D eigenvalue weighted by Gasteiger charge is -2.27. The van der Waals surface area contributed by atoms with Gasteiger partial charge in [0.15, 0.2) is 6.61 Å². The molecule has 2 aromatic carbocycles. The van der Waals surface area contributed by atoms with E-state index in [2.05, 4.69) is 21.2 Å². The Bertz CT molecular complexity index is 1110. The van der Waals surface area contributed by atoms with Crippen LogP contribution in [-0.4, -0.2) is 35.5 Å². The molecule has 1 fully saturated rings. The molecule has 1 aliphatic heterocycles. The molecule has 0 spiro atoms. The van der Waals surface area contributed by atoms with Crippen LogP contribution in [0.15, 0.2) is 46.4 Å². The fourth-order valence-corrected chi connectivity index (χ4v) is 3.41. The standard InChI is InChI=1S/C20H14BrClN2O6/c1-10-2-4-12(22)8-15(10)24-19(28)13(18(27)23-20(24)29)6-11-3-5-16(14(21)7-11)30-9-17(25)26/h2-8H,9H2,1H3,(H,25,26)(H,23,27,29)/b13-6+. The van der Waals surface area contributed by atoms with Crippen molar-refractivity contribution in [1.29, 1.82) is 0 Å². The van der Waals surface area contributed by atoms with Gasteiger partial charge in [-0.05, 0) is 64.3 Å². The zero-order valence-corrected chi connectivity index (χ0v) is 17.8. The van der Waals surface area contributed by atoms with E-state index in [1.54, 1.807) is 31.2 Å². The van der Waals surface area contributed by atoms with E-state index in [9.17, 15) is 19.2 Å². The summed E-state index contributed by atoms with van der Waals surface area (Å²) < 4.78 is 5.55. The third-order valence-electron chi connectivity index (χ3n) is 4.13. The number of carbonyl (C=O) groups excluding carboxylic acids is 3. The minimum Gasteiger partial charge on any atom is -0.481 e. The Morgan fingerprint density at radius 1 is 1.23 bits per heavy atom. The first-order chi connectivity index (χ1) is 14.2. The first-order valence-corrected chi connectivity index (χ1v) is 9.66. The first kappa shape index (κ1) is 21.5. The van der Waals surface area contributed by atoms with Gasteiger partial charge in [-0.2, -0.15) is 0 Å². The molecule has 3 rings (SSSR count). The molecule has 0 bridgehead atoms. The Labute approximate surface area is 184 Å². The van der Waals surface area contributed by atoms with E-state index >= 15 is 0 Å². The second-order valence-electron chi connectivity index (χ2n) is 6.26. The lowest BCUT2D eigenvalue weighted by atomic mass is 10.1. The molecule has 10 heteroatoms. The number of halogens is 2. The van der Waals surface area contributed by atoms with E-state index in [-0.39, 0.29) is 17.0 Å². The summed E-state index contributed by atoms with van der Waals surface area (Å²) in [7, 11) is 0. The topological polar surface area (TPSA) is 113 Å². The highest BCUT2D eigenvalue weighted by molar-refractivity contribution is 9.10. The van der Waals surface area contributed by atoms with Gasteiger partial charge in [-0.25, -0.2) is 14.5 Å². The summed E-state index contributed by atoms with van der Waals surface area (Å²) in [6, 6.07) is 8.47. The van der Waals surface area contributed by atoms with Gasteiger partial charge in [-0.1, -0.05) is 23.7 Å². The molecule has 0 atom stereocenters. The van der Waals surface area contributed by atoms with Gasteiger partial charge in [0, 0.05) is 5.02 Å². The van der Waals surface area contributed by atoms with Gasteiger partial charge in [0.25, 0.3) is 11.8 Å². The van der Waals surface area contributed by atoms with Crippen molar-refractivity contribution in [2.75, 3.05) is 11.5 Å². The highest BCUT2D eigenvalue weighted by atomic mass is 79.9. The zero-order valence-electron chi connectivity index (χ0n) is 15.4. The quantitative estimate of drug-likeness (QED) is 0.487. The molecule has 0 unspecified atom stereocenters.